The van der Waals surface area contributed by atoms with Crippen LogP contribution < -0.4 is 11.1 Å². The number of oxime groups is 1. The molecule has 0 saturated heterocycles. The van der Waals surface area contributed by atoms with Crippen LogP contribution in [0.1, 0.15) is 30.6 Å². The summed E-state index contributed by atoms with van der Waals surface area (Å²) in [7, 11) is 0. The lowest BCUT2D eigenvalue weighted by molar-refractivity contribution is 0.0925. The van der Waals surface area contributed by atoms with Gasteiger partial charge in [0.15, 0.2) is 5.84 Å². The van der Waals surface area contributed by atoms with Crippen LogP contribution in [0.5, 0.6) is 0 Å². The van der Waals surface area contributed by atoms with E-state index in [-0.39, 0.29) is 11.7 Å². The van der Waals surface area contributed by atoms with Gasteiger partial charge in [-0.05, 0) is 47.5 Å². The van der Waals surface area contributed by atoms with E-state index in [0.29, 0.717) is 21.5 Å². The zero-order chi connectivity index (χ0) is 14.6. The highest BCUT2D eigenvalue weighted by Crippen LogP contribution is 2.23. The number of amidine groups is 1. The average Bonchev–Trinajstić information content (AvgIpc) is 2.40. The molecule has 5 nitrogen and oxygen atoms in total. The van der Waals surface area contributed by atoms with Crippen LogP contribution in [-0.2, 0) is 0 Å². The zero-order valence-electron chi connectivity index (χ0n) is 10.6. The SMILES string of the molecule is CCC(C)(NC(=O)c1ccc(Cl)c(Br)c1)/C(N)=N/O. The fourth-order valence-electron chi connectivity index (χ4n) is 1.40. The number of rotatable bonds is 4. The molecule has 1 rings (SSSR count). The van der Waals surface area contributed by atoms with Gasteiger partial charge >= 0.3 is 0 Å². The molecule has 19 heavy (non-hydrogen) atoms. The maximum Gasteiger partial charge on any atom is 0.252 e. The van der Waals surface area contributed by atoms with Crippen molar-refractivity contribution < 1.29 is 10.0 Å². The topological polar surface area (TPSA) is 87.7 Å². The fraction of sp³-hybridized carbons (Fsp3) is 0.333. The third-order valence-corrected chi connectivity index (χ3v) is 4.17. The van der Waals surface area contributed by atoms with Gasteiger partial charge in [-0.15, -0.1) is 0 Å². The second-order valence-corrected chi connectivity index (χ2v) is 5.52. The van der Waals surface area contributed by atoms with E-state index in [4.69, 9.17) is 22.5 Å². The number of nitrogens with two attached hydrogens (primary N) is 1. The van der Waals surface area contributed by atoms with E-state index in [2.05, 4.69) is 26.4 Å². The van der Waals surface area contributed by atoms with Crippen molar-refractivity contribution in [1.29, 1.82) is 0 Å². The molecule has 104 valence electrons. The quantitative estimate of drug-likeness (QED) is 0.338. The van der Waals surface area contributed by atoms with Gasteiger partial charge in [0, 0.05) is 10.0 Å². The first-order chi connectivity index (χ1) is 8.84. The molecule has 1 amide bonds. The molecule has 0 heterocycles. The Kier molecular flexibility index (Phi) is 5.20. The predicted octanol–water partition coefficient (Wildman–Crippen LogP) is 2.75. The number of hydrogen-bond donors (Lipinski definition) is 3. The lowest BCUT2D eigenvalue weighted by atomic mass is 9.97. The van der Waals surface area contributed by atoms with Crippen LogP contribution in [-0.4, -0.2) is 22.5 Å². The molecule has 0 aromatic heterocycles. The Morgan fingerprint density at radius 1 is 1.63 bits per heavy atom. The number of amides is 1. The minimum atomic E-state index is -0.905. The lowest BCUT2D eigenvalue weighted by Gasteiger charge is -2.28. The highest BCUT2D eigenvalue weighted by Gasteiger charge is 2.30. The molecule has 0 aliphatic heterocycles. The number of carbonyl (C=O) groups excluding carboxylic acids is 1. The van der Waals surface area contributed by atoms with Gasteiger partial charge in [-0.3, -0.25) is 4.79 Å². The van der Waals surface area contributed by atoms with E-state index in [9.17, 15) is 4.79 Å². The number of benzene rings is 1. The van der Waals surface area contributed by atoms with Crippen LogP contribution in [0.15, 0.2) is 27.8 Å². The average molecular weight is 349 g/mol. The molecule has 0 aliphatic rings. The van der Waals surface area contributed by atoms with Crippen LogP contribution in [0.4, 0.5) is 0 Å². The van der Waals surface area contributed by atoms with Gasteiger partial charge in [0.05, 0.1) is 10.6 Å². The van der Waals surface area contributed by atoms with E-state index in [0.717, 1.165) is 0 Å². The summed E-state index contributed by atoms with van der Waals surface area (Å²) in [5.41, 5.74) is 5.12. The van der Waals surface area contributed by atoms with Crippen LogP contribution >= 0.6 is 27.5 Å². The Balaban J connectivity index is 2.98. The number of halogens is 2. The molecule has 1 aromatic carbocycles. The van der Waals surface area contributed by atoms with Gasteiger partial charge in [0.25, 0.3) is 5.91 Å². The largest absolute Gasteiger partial charge is 0.409 e. The summed E-state index contributed by atoms with van der Waals surface area (Å²) in [6.45, 7) is 3.51. The highest BCUT2D eigenvalue weighted by atomic mass is 79.9. The van der Waals surface area contributed by atoms with Crippen molar-refractivity contribution in [2.24, 2.45) is 10.9 Å². The third kappa shape index (κ3) is 3.61. The molecule has 1 aromatic rings. The van der Waals surface area contributed by atoms with Gasteiger partial charge in [-0.2, -0.15) is 0 Å². The van der Waals surface area contributed by atoms with Gasteiger partial charge in [0.2, 0.25) is 0 Å². The number of hydrogen-bond acceptors (Lipinski definition) is 3. The Morgan fingerprint density at radius 2 is 2.26 bits per heavy atom. The standard InChI is InChI=1S/C12H15BrClN3O2/c1-3-12(2,11(15)17-19)16-10(18)7-4-5-9(14)8(13)6-7/h4-6,19H,3H2,1-2H3,(H2,15,17)(H,16,18). The van der Waals surface area contributed by atoms with E-state index in [1.54, 1.807) is 25.1 Å². The minimum absolute atomic E-state index is 0.0450. The summed E-state index contributed by atoms with van der Waals surface area (Å²) in [5.74, 6) is -0.371. The first kappa shape index (κ1) is 15.8. The van der Waals surface area contributed by atoms with Crippen molar-refractivity contribution in [3.8, 4) is 0 Å². The first-order valence-corrected chi connectivity index (χ1v) is 6.76. The Morgan fingerprint density at radius 3 is 2.74 bits per heavy atom. The molecule has 4 N–H and O–H groups in total. The van der Waals surface area contributed by atoms with Crippen molar-refractivity contribution in [2.45, 2.75) is 25.8 Å². The molecule has 7 heteroatoms. The summed E-state index contributed by atoms with van der Waals surface area (Å²) in [5, 5.41) is 15.0. The van der Waals surface area contributed by atoms with Gasteiger partial charge < -0.3 is 16.3 Å². The van der Waals surface area contributed by atoms with E-state index < -0.39 is 5.54 Å². The summed E-state index contributed by atoms with van der Waals surface area (Å²) in [6, 6.07) is 4.83. The lowest BCUT2D eigenvalue weighted by Crippen LogP contribution is -2.55. The van der Waals surface area contributed by atoms with Crippen molar-refractivity contribution in [3.63, 3.8) is 0 Å². The Hall–Kier alpha value is -1.27. The van der Waals surface area contributed by atoms with Crippen LogP contribution in [0.25, 0.3) is 0 Å². The van der Waals surface area contributed by atoms with Gasteiger partial charge in [-0.1, -0.05) is 23.7 Å². The maximum absolute atomic E-state index is 12.1. The van der Waals surface area contributed by atoms with Crippen molar-refractivity contribution in [3.05, 3.63) is 33.3 Å². The molecule has 1 unspecified atom stereocenters. The van der Waals surface area contributed by atoms with Gasteiger partial charge in [0.1, 0.15) is 0 Å². The highest BCUT2D eigenvalue weighted by molar-refractivity contribution is 9.10. The fourth-order valence-corrected chi connectivity index (χ4v) is 1.90. The van der Waals surface area contributed by atoms with E-state index in [1.165, 1.54) is 0 Å². The summed E-state index contributed by atoms with van der Waals surface area (Å²) in [4.78, 5) is 12.1. The van der Waals surface area contributed by atoms with Crippen LogP contribution in [0.3, 0.4) is 0 Å². The van der Waals surface area contributed by atoms with Crippen LogP contribution in [0.2, 0.25) is 5.02 Å². The normalized spacial score (nSPS) is 14.8. The van der Waals surface area contributed by atoms with E-state index >= 15 is 0 Å². The number of carbonyl (C=O) groups is 1. The predicted molar refractivity (Wildman–Crippen MR) is 78.7 cm³/mol. The zero-order valence-corrected chi connectivity index (χ0v) is 12.9. The van der Waals surface area contributed by atoms with Gasteiger partial charge in [-0.25, -0.2) is 0 Å². The Bertz CT molecular complexity index is 522. The number of nitrogens with one attached hydrogen (secondary N) is 1. The molecule has 0 saturated carbocycles. The number of nitrogens with zero attached hydrogens (tertiary/aromatic N) is 1. The van der Waals surface area contributed by atoms with Crippen molar-refractivity contribution in [2.75, 3.05) is 0 Å². The molecule has 0 radical (unpaired) electrons. The molecule has 0 spiro atoms. The van der Waals surface area contributed by atoms with Crippen molar-refractivity contribution >= 4 is 39.3 Å². The van der Waals surface area contributed by atoms with Crippen LogP contribution in [0, 0.1) is 0 Å². The smallest absolute Gasteiger partial charge is 0.252 e. The first-order valence-electron chi connectivity index (χ1n) is 5.59. The molecule has 0 bridgehead atoms. The molecule has 0 aliphatic carbocycles. The molecular weight excluding hydrogens is 334 g/mol. The second-order valence-electron chi connectivity index (χ2n) is 4.25. The van der Waals surface area contributed by atoms with E-state index in [1.807, 2.05) is 6.92 Å². The molecular formula is C12H15BrClN3O2. The summed E-state index contributed by atoms with van der Waals surface area (Å²) < 4.78 is 0.629. The second kappa shape index (κ2) is 6.25. The molecule has 1 atom stereocenters. The summed E-state index contributed by atoms with van der Waals surface area (Å²) in [6.07, 6.45) is 0.489. The monoisotopic (exact) mass is 347 g/mol. The van der Waals surface area contributed by atoms with Crippen molar-refractivity contribution in [1.82, 2.24) is 5.32 Å². The molecule has 0 fully saturated rings. The Labute approximate surface area is 124 Å². The summed E-state index contributed by atoms with van der Waals surface area (Å²) >= 11 is 9.12. The minimum Gasteiger partial charge on any atom is -0.409 e. The maximum atomic E-state index is 12.1. The third-order valence-electron chi connectivity index (χ3n) is 2.95.